The maximum Gasteiger partial charge on any atom is 0.326 e. The van der Waals surface area contributed by atoms with Crippen LogP contribution in [0, 0.1) is 0 Å². The van der Waals surface area contributed by atoms with Gasteiger partial charge in [-0.2, -0.15) is 0 Å². The van der Waals surface area contributed by atoms with E-state index in [2.05, 4.69) is 15.6 Å². The molecule has 1 aromatic carbocycles. The minimum absolute atomic E-state index is 0.114. The number of rotatable bonds is 15. The van der Waals surface area contributed by atoms with Crippen LogP contribution in [0.3, 0.4) is 0 Å². The Hall–Kier alpha value is -4.50. The van der Waals surface area contributed by atoms with Crippen LogP contribution in [0.25, 0.3) is 10.9 Å². The number of hydrogen-bond acceptors (Lipinski definition) is 8. The third-order valence-electron chi connectivity index (χ3n) is 5.54. The molecule has 0 fully saturated rings. The number of hydrogen-bond donors (Lipinski definition) is 9. The van der Waals surface area contributed by atoms with Crippen LogP contribution < -0.4 is 21.7 Å². The number of H-pyrrole nitrogens is 1. The van der Waals surface area contributed by atoms with Crippen molar-refractivity contribution in [1.82, 2.24) is 20.9 Å². The summed E-state index contributed by atoms with van der Waals surface area (Å²) in [4.78, 5) is 74.8. The number of aromatic amines is 1. The van der Waals surface area contributed by atoms with Crippen molar-refractivity contribution in [3.05, 3.63) is 36.0 Å². The summed E-state index contributed by atoms with van der Waals surface area (Å²) in [5, 5.41) is 43.8. The second-order valence-electron chi connectivity index (χ2n) is 8.40. The third-order valence-corrected chi connectivity index (χ3v) is 5.54. The molecular weight excluding hydrogens is 506 g/mol. The molecule has 0 radical (unpaired) electrons. The number of aromatic nitrogens is 1. The SMILES string of the molecule is NC(CO)C(=O)NC(Cc1c[nH]c2ccccc12)C(=O)NC(CC(=O)O)C(=O)NC(CCC(=O)O)C(=O)O. The van der Waals surface area contributed by atoms with Crippen molar-refractivity contribution in [2.75, 3.05) is 6.61 Å². The molecule has 4 unspecified atom stereocenters. The first-order chi connectivity index (χ1) is 17.9. The van der Waals surface area contributed by atoms with Crippen LogP contribution in [-0.4, -0.2) is 91.8 Å². The predicted octanol–water partition coefficient (Wildman–Crippen LogP) is -2.09. The van der Waals surface area contributed by atoms with E-state index in [-0.39, 0.29) is 6.42 Å². The van der Waals surface area contributed by atoms with Gasteiger partial charge in [0.2, 0.25) is 17.7 Å². The highest BCUT2D eigenvalue weighted by Gasteiger charge is 2.32. The Morgan fingerprint density at radius 3 is 2.05 bits per heavy atom. The van der Waals surface area contributed by atoms with Crippen LogP contribution in [0.4, 0.5) is 0 Å². The van der Waals surface area contributed by atoms with Gasteiger partial charge in [0, 0.05) is 29.9 Å². The molecule has 1 aromatic heterocycles. The van der Waals surface area contributed by atoms with E-state index in [1.165, 1.54) is 0 Å². The molecule has 0 saturated carbocycles. The van der Waals surface area contributed by atoms with Crippen molar-refractivity contribution in [2.24, 2.45) is 5.73 Å². The maximum atomic E-state index is 13.2. The molecule has 0 bridgehead atoms. The zero-order valence-corrected chi connectivity index (χ0v) is 20.0. The highest BCUT2D eigenvalue weighted by molar-refractivity contribution is 5.96. The largest absolute Gasteiger partial charge is 0.481 e. The molecule has 15 nitrogen and oxygen atoms in total. The second kappa shape index (κ2) is 13.7. The van der Waals surface area contributed by atoms with E-state index in [9.17, 15) is 44.1 Å². The average molecular weight is 536 g/mol. The number of nitrogens with two attached hydrogens (primary N) is 1. The fourth-order valence-electron chi connectivity index (χ4n) is 3.55. The van der Waals surface area contributed by atoms with Crippen LogP contribution in [0.1, 0.15) is 24.8 Å². The normalized spacial score (nSPS) is 14.1. The third kappa shape index (κ3) is 8.56. The highest BCUT2D eigenvalue weighted by atomic mass is 16.4. The van der Waals surface area contributed by atoms with Gasteiger partial charge < -0.3 is 47.1 Å². The molecule has 0 aliphatic carbocycles. The first kappa shape index (κ1) is 29.7. The Bertz CT molecular complexity index is 1200. The molecule has 38 heavy (non-hydrogen) atoms. The Morgan fingerprint density at radius 2 is 1.45 bits per heavy atom. The van der Waals surface area contributed by atoms with Crippen LogP contribution >= 0.6 is 0 Å². The standard InChI is InChI=1S/C23H29N5O10/c24-13(10-29)20(34)27-16(7-11-9-25-14-4-2-1-3-12(11)14)21(35)28-17(8-19(32)33)22(36)26-15(23(37)38)5-6-18(30)31/h1-4,9,13,15-17,25,29H,5-8,10,24H2,(H,26,36)(H,27,34)(H,28,35)(H,30,31)(H,32,33)(H,37,38). The lowest BCUT2D eigenvalue weighted by Gasteiger charge is -2.24. The number of nitrogens with one attached hydrogen (secondary N) is 4. The van der Waals surface area contributed by atoms with Gasteiger partial charge in [-0.15, -0.1) is 0 Å². The lowest BCUT2D eigenvalue weighted by Crippen LogP contribution is -2.58. The number of aliphatic carboxylic acids is 3. The number of amides is 3. The van der Waals surface area contributed by atoms with Gasteiger partial charge in [-0.25, -0.2) is 4.79 Å². The zero-order chi connectivity index (χ0) is 28.4. The summed E-state index contributed by atoms with van der Waals surface area (Å²) in [5.74, 6) is -7.40. The lowest BCUT2D eigenvalue weighted by molar-refractivity contribution is -0.144. The number of fused-ring (bicyclic) bond motifs is 1. The molecule has 0 saturated heterocycles. The first-order valence-corrected chi connectivity index (χ1v) is 11.4. The molecule has 3 amide bonds. The molecule has 10 N–H and O–H groups in total. The minimum atomic E-state index is -1.76. The average Bonchev–Trinajstić information content (AvgIpc) is 3.27. The van der Waals surface area contributed by atoms with Gasteiger partial charge >= 0.3 is 17.9 Å². The summed E-state index contributed by atoms with van der Waals surface area (Å²) in [6.07, 6.45) is -0.520. The van der Waals surface area contributed by atoms with Crippen LogP contribution in [0.5, 0.6) is 0 Å². The summed E-state index contributed by atoms with van der Waals surface area (Å²) in [7, 11) is 0. The molecule has 4 atom stereocenters. The van der Waals surface area contributed by atoms with Gasteiger partial charge in [-0.05, 0) is 18.1 Å². The summed E-state index contributed by atoms with van der Waals surface area (Å²) in [6, 6.07) is 0.932. The van der Waals surface area contributed by atoms with Gasteiger partial charge in [0.1, 0.15) is 24.2 Å². The maximum absolute atomic E-state index is 13.2. The van der Waals surface area contributed by atoms with E-state index < -0.39 is 85.7 Å². The van der Waals surface area contributed by atoms with Crippen LogP contribution in [0.2, 0.25) is 0 Å². The van der Waals surface area contributed by atoms with Gasteiger partial charge in [-0.1, -0.05) is 18.2 Å². The topological polar surface area (TPSA) is 261 Å². The van der Waals surface area contributed by atoms with E-state index in [1.54, 1.807) is 30.5 Å². The molecule has 2 rings (SSSR count). The summed E-state index contributed by atoms with van der Waals surface area (Å²) in [5.41, 5.74) is 6.87. The van der Waals surface area contributed by atoms with E-state index in [1.807, 2.05) is 5.32 Å². The Labute approximate surface area is 215 Å². The molecular formula is C23H29N5O10. The van der Waals surface area contributed by atoms with Crippen molar-refractivity contribution in [2.45, 2.75) is 49.9 Å². The zero-order valence-electron chi connectivity index (χ0n) is 20.0. The lowest BCUT2D eigenvalue weighted by atomic mass is 10.0. The molecule has 1 heterocycles. The minimum Gasteiger partial charge on any atom is -0.481 e. The van der Waals surface area contributed by atoms with Crippen molar-refractivity contribution in [3.8, 4) is 0 Å². The van der Waals surface area contributed by atoms with Crippen molar-refractivity contribution < 1.29 is 49.2 Å². The predicted molar refractivity (Wildman–Crippen MR) is 130 cm³/mol. The van der Waals surface area contributed by atoms with E-state index in [4.69, 9.17) is 10.8 Å². The Morgan fingerprint density at radius 1 is 0.842 bits per heavy atom. The number of para-hydroxylation sites is 1. The summed E-state index contributed by atoms with van der Waals surface area (Å²) >= 11 is 0. The number of carbonyl (C=O) groups excluding carboxylic acids is 3. The highest BCUT2D eigenvalue weighted by Crippen LogP contribution is 2.19. The van der Waals surface area contributed by atoms with E-state index in [0.29, 0.717) is 5.56 Å². The number of carboxylic acids is 3. The van der Waals surface area contributed by atoms with Gasteiger partial charge in [0.05, 0.1) is 13.0 Å². The number of carboxylic acid groups (broad SMARTS) is 3. The smallest absolute Gasteiger partial charge is 0.326 e. The monoisotopic (exact) mass is 535 g/mol. The summed E-state index contributed by atoms with van der Waals surface area (Å²) < 4.78 is 0. The van der Waals surface area contributed by atoms with Crippen molar-refractivity contribution >= 4 is 46.5 Å². The Balaban J connectivity index is 2.28. The van der Waals surface area contributed by atoms with Crippen LogP contribution in [0.15, 0.2) is 30.5 Å². The first-order valence-electron chi connectivity index (χ1n) is 11.4. The van der Waals surface area contributed by atoms with Crippen molar-refractivity contribution in [1.29, 1.82) is 0 Å². The number of carbonyl (C=O) groups is 6. The fraction of sp³-hybridized carbons (Fsp3) is 0.391. The van der Waals surface area contributed by atoms with Gasteiger partial charge in [0.15, 0.2) is 0 Å². The van der Waals surface area contributed by atoms with E-state index >= 15 is 0 Å². The second-order valence-corrected chi connectivity index (χ2v) is 8.40. The number of aliphatic hydroxyl groups is 1. The molecule has 15 heteroatoms. The summed E-state index contributed by atoms with van der Waals surface area (Å²) in [6.45, 7) is -0.718. The van der Waals surface area contributed by atoms with E-state index in [0.717, 1.165) is 10.9 Å². The molecule has 0 aliphatic rings. The van der Waals surface area contributed by atoms with Crippen molar-refractivity contribution in [3.63, 3.8) is 0 Å². The number of aliphatic hydroxyl groups excluding tert-OH is 1. The molecule has 0 aliphatic heterocycles. The molecule has 206 valence electrons. The quantitative estimate of drug-likeness (QED) is 0.119. The van der Waals surface area contributed by atoms with Gasteiger partial charge in [-0.3, -0.25) is 24.0 Å². The molecule has 2 aromatic rings. The Kier molecular flexibility index (Phi) is 10.7. The van der Waals surface area contributed by atoms with Crippen LogP contribution in [-0.2, 0) is 35.2 Å². The van der Waals surface area contributed by atoms with Gasteiger partial charge in [0.25, 0.3) is 0 Å². The number of benzene rings is 1. The molecule has 0 spiro atoms. The fourth-order valence-corrected chi connectivity index (χ4v) is 3.55.